The van der Waals surface area contributed by atoms with Crippen molar-refractivity contribution >= 4 is 5.78 Å². The molecule has 0 radical (unpaired) electrons. The molecule has 1 atom stereocenters. The largest absolute Gasteiger partial charge is 0.395 e. The highest BCUT2D eigenvalue weighted by atomic mass is 19.4. The molecule has 0 aliphatic rings. The number of ketones is 1. The number of benzene rings is 1. The van der Waals surface area contributed by atoms with Gasteiger partial charge in [-0.25, -0.2) is 0 Å². The number of carbonyl (C=O) groups is 1. The van der Waals surface area contributed by atoms with Gasteiger partial charge in [-0.05, 0) is 12.5 Å². The molecule has 4 heteroatoms. The van der Waals surface area contributed by atoms with Gasteiger partial charge in [0.05, 0.1) is 5.92 Å². The first kappa shape index (κ1) is 12.7. The van der Waals surface area contributed by atoms with Gasteiger partial charge in [0, 0.05) is 12.0 Å². The van der Waals surface area contributed by atoms with Gasteiger partial charge in [-0.2, -0.15) is 13.2 Å². The number of hydrogen-bond acceptors (Lipinski definition) is 1. The van der Waals surface area contributed by atoms with E-state index in [0.717, 1.165) is 6.92 Å². The minimum atomic E-state index is -4.24. The van der Waals surface area contributed by atoms with Gasteiger partial charge in [0.2, 0.25) is 0 Å². The second-order valence-corrected chi connectivity index (χ2v) is 3.66. The van der Waals surface area contributed by atoms with Crippen LogP contribution in [-0.2, 0) is 0 Å². The van der Waals surface area contributed by atoms with E-state index in [2.05, 4.69) is 0 Å². The molecular weight excluding hydrogens is 217 g/mol. The Morgan fingerprint density at radius 1 is 1.25 bits per heavy atom. The summed E-state index contributed by atoms with van der Waals surface area (Å²) < 4.78 is 37.2. The second kappa shape index (κ2) is 4.68. The van der Waals surface area contributed by atoms with E-state index in [0.29, 0.717) is 12.0 Å². The first-order valence-electron chi connectivity index (χ1n) is 5.06. The Hall–Kier alpha value is -1.32. The lowest BCUT2D eigenvalue weighted by molar-refractivity contribution is -0.146. The summed E-state index contributed by atoms with van der Waals surface area (Å²) in [5, 5.41) is 0. The molecule has 0 aliphatic carbocycles. The summed E-state index contributed by atoms with van der Waals surface area (Å²) in [6, 6.07) is 5.62. The lowest BCUT2D eigenvalue weighted by atomic mass is 9.98. The fourth-order valence-corrected chi connectivity index (χ4v) is 1.35. The number of alkyl halides is 3. The molecule has 0 spiro atoms. The summed E-state index contributed by atoms with van der Waals surface area (Å²) in [5.41, 5.74) is 0.640. The molecule has 0 heterocycles. The molecule has 0 fully saturated rings. The molecular formula is C12H13F3O. The van der Waals surface area contributed by atoms with Gasteiger partial charge in [0.15, 0.2) is 5.78 Å². The van der Waals surface area contributed by atoms with E-state index in [4.69, 9.17) is 0 Å². The average molecular weight is 230 g/mol. The first-order valence-corrected chi connectivity index (χ1v) is 5.06. The molecule has 0 N–H and O–H groups in total. The lowest BCUT2D eigenvalue weighted by Gasteiger charge is -2.15. The third-order valence-electron chi connectivity index (χ3n) is 2.54. The highest BCUT2D eigenvalue weighted by Crippen LogP contribution is 2.34. The van der Waals surface area contributed by atoms with Crippen LogP contribution in [0.4, 0.5) is 13.2 Å². The molecule has 1 unspecified atom stereocenters. The first-order chi connectivity index (χ1) is 7.36. The number of halogens is 3. The smallest absolute Gasteiger partial charge is 0.294 e. The van der Waals surface area contributed by atoms with Gasteiger partial charge in [0.25, 0.3) is 0 Å². The average Bonchev–Trinajstić information content (AvgIpc) is 2.26. The Balaban J connectivity index is 2.91. The van der Waals surface area contributed by atoms with Crippen molar-refractivity contribution < 1.29 is 18.0 Å². The normalized spacial score (nSPS) is 13.6. The summed E-state index contributed by atoms with van der Waals surface area (Å²) in [4.78, 5) is 11.3. The van der Waals surface area contributed by atoms with Crippen molar-refractivity contribution in [3.05, 3.63) is 35.4 Å². The molecule has 16 heavy (non-hydrogen) atoms. The maximum absolute atomic E-state index is 12.4. The molecule has 0 aliphatic heterocycles. The predicted molar refractivity (Wildman–Crippen MR) is 55.5 cm³/mol. The summed E-state index contributed by atoms with van der Waals surface area (Å²) in [6.45, 7) is 2.82. The van der Waals surface area contributed by atoms with Gasteiger partial charge >= 0.3 is 6.18 Å². The topological polar surface area (TPSA) is 17.1 Å². The number of hydrogen-bond donors (Lipinski definition) is 0. The van der Waals surface area contributed by atoms with Crippen LogP contribution in [0.15, 0.2) is 24.3 Å². The van der Waals surface area contributed by atoms with Crippen molar-refractivity contribution in [2.75, 3.05) is 0 Å². The van der Waals surface area contributed by atoms with Crippen LogP contribution in [0.1, 0.15) is 42.1 Å². The van der Waals surface area contributed by atoms with Crippen LogP contribution >= 0.6 is 0 Å². The van der Waals surface area contributed by atoms with Gasteiger partial charge in [0.1, 0.15) is 0 Å². The van der Waals surface area contributed by atoms with Crippen molar-refractivity contribution in [1.82, 2.24) is 0 Å². The SMILES string of the molecule is CCC(=O)c1ccc(C(C)C(F)(F)F)cc1. The van der Waals surface area contributed by atoms with Gasteiger partial charge in [-0.3, -0.25) is 4.79 Å². The third-order valence-corrected chi connectivity index (χ3v) is 2.54. The molecule has 1 aromatic rings. The summed E-state index contributed by atoms with van der Waals surface area (Å²) >= 11 is 0. The van der Waals surface area contributed by atoms with Crippen LogP contribution in [0.3, 0.4) is 0 Å². The maximum Gasteiger partial charge on any atom is 0.395 e. The van der Waals surface area contributed by atoms with E-state index in [1.807, 2.05) is 0 Å². The van der Waals surface area contributed by atoms with Crippen molar-refractivity contribution in [1.29, 1.82) is 0 Å². The van der Waals surface area contributed by atoms with Crippen molar-refractivity contribution in [3.63, 3.8) is 0 Å². The zero-order valence-corrected chi connectivity index (χ0v) is 9.14. The quantitative estimate of drug-likeness (QED) is 0.718. The highest BCUT2D eigenvalue weighted by molar-refractivity contribution is 5.95. The van der Waals surface area contributed by atoms with E-state index in [1.54, 1.807) is 6.92 Å². The third kappa shape index (κ3) is 2.84. The standard InChI is InChI=1S/C12H13F3O/c1-3-11(16)10-6-4-9(5-7-10)8(2)12(13,14)15/h4-8H,3H2,1-2H3. The Morgan fingerprint density at radius 2 is 1.75 bits per heavy atom. The molecule has 1 aromatic carbocycles. The van der Waals surface area contributed by atoms with E-state index in [-0.39, 0.29) is 11.3 Å². The molecule has 0 saturated heterocycles. The van der Waals surface area contributed by atoms with Crippen LogP contribution in [0.5, 0.6) is 0 Å². The lowest BCUT2D eigenvalue weighted by Crippen LogP contribution is -2.17. The van der Waals surface area contributed by atoms with E-state index in [1.165, 1.54) is 24.3 Å². The second-order valence-electron chi connectivity index (χ2n) is 3.66. The Kier molecular flexibility index (Phi) is 3.73. The number of carbonyl (C=O) groups excluding carboxylic acids is 1. The predicted octanol–water partition coefficient (Wildman–Crippen LogP) is 3.95. The molecule has 0 aromatic heterocycles. The molecule has 1 nitrogen and oxygen atoms in total. The minimum absolute atomic E-state index is 0.0637. The maximum atomic E-state index is 12.4. The Bertz CT molecular complexity index is 365. The number of Topliss-reactive ketones (excluding diaryl/α,β-unsaturated/α-hetero) is 1. The zero-order chi connectivity index (χ0) is 12.3. The zero-order valence-electron chi connectivity index (χ0n) is 9.14. The fraction of sp³-hybridized carbons (Fsp3) is 0.417. The minimum Gasteiger partial charge on any atom is -0.294 e. The molecule has 1 rings (SSSR count). The fourth-order valence-electron chi connectivity index (χ4n) is 1.35. The summed E-state index contributed by atoms with van der Waals surface area (Å²) in [6.07, 6.45) is -3.88. The van der Waals surface area contributed by atoms with Gasteiger partial charge in [-0.1, -0.05) is 31.2 Å². The van der Waals surface area contributed by atoms with Gasteiger partial charge in [-0.15, -0.1) is 0 Å². The van der Waals surface area contributed by atoms with Crippen LogP contribution in [0.25, 0.3) is 0 Å². The van der Waals surface area contributed by atoms with Crippen LogP contribution in [-0.4, -0.2) is 12.0 Å². The highest BCUT2D eigenvalue weighted by Gasteiger charge is 2.36. The molecule has 0 bridgehead atoms. The monoisotopic (exact) mass is 230 g/mol. The summed E-state index contributed by atoms with van der Waals surface area (Å²) in [5.74, 6) is -1.57. The van der Waals surface area contributed by atoms with E-state index >= 15 is 0 Å². The molecule has 88 valence electrons. The molecule has 0 saturated carbocycles. The Labute approximate surface area is 92.3 Å². The van der Waals surface area contributed by atoms with E-state index < -0.39 is 12.1 Å². The molecule has 0 amide bonds. The van der Waals surface area contributed by atoms with Gasteiger partial charge < -0.3 is 0 Å². The van der Waals surface area contributed by atoms with Crippen molar-refractivity contribution in [2.45, 2.75) is 32.4 Å². The van der Waals surface area contributed by atoms with E-state index in [9.17, 15) is 18.0 Å². The number of rotatable bonds is 3. The van der Waals surface area contributed by atoms with Crippen molar-refractivity contribution in [3.8, 4) is 0 Å². The van der Waals surface area contributed by atoms with Crippen molar-refractivity contribution in [2.24, 2.45) is 0 Å². The van der Waals surface area contributed by atoms with Crippen LogP contribution < -0.4 is 0 Å². The van der Waals surface area contributed by atoms with Crippen LogP contribution in [0.2, 0.25) is 0 Å². The van der Waals surface area contributed by atoms with Crippen LogP contribution in [0, 0.1) is 0 Å². The summed E-state index contributed by atoms with van der Waals surface area (Å²) in [7, 11) is 0. The Morgan fingerprint density at radius 3 is 2.12 bits per heavy atom.